The van der Waals surface area contributed by atoms with Gasteiger partial charge in [-0.3, -0.25) is 4.68 Å². The molecule has 1 aliphatic carbocycles. The van der Waals surface area contributed by atoms with E-state index in [9.17, 15) is 18.4 Å². The molecule has 1 heterocycles. The van der Waals surface area contributed by atoms with E-state index in [1.54, 1.807) is 7.05 Å². The Labute approximate surface area is 109 Å². The summed E-state index contributed by atoms with van der Waals surface area (Å²) in [5.74, 6) is 0. The number of aromatic nitrogens is 2. The normalized spacial score (nSPS) is 28.1. The largest absolute Gasteiger partial charge is 0.419 e. The molecule has 0 aromatic carbocycles. The highest BCUT2D eigenvalue weighted by atomic mass is 19.4. The number of hydrogen-bond acceptors (Lipinski definition) is 3. The van der Waals surface area contributed by atoms with E-state index in [0.29, 0.717) is 12.8 Å². The number of nitriles is 1. The van der Waals surface area contributed by atoms with Gasteiger partial charge in [0.2, 0.25) is 0 Å². The van der Waals surface area contributed by atoms with Crippen LogP contribution >= 0.6 is 0 Å². The molecule has 7 heteroatoms. The van der Waals surface area contributed by atoms with Crippen LogP contribution in [0.3, 0.4) is 0 Å². The van der Waals surface area contributed by atoms with Gasteiger partial charge in [0.15, 0.2) is 0 Å². The van der Waals surface area contributed by atoms with E-state index < -0.39 is 17.3 Å². The monoisotopic (exact) mass is 272 g/mol. The second kappa shape index (κ2) is 4.85. The van der Waals surface area contributed by atoms with Crippen LogP contribution in [0.1, 0.15) is 37.3 Å². The van der Waals surface area contributed by atoms with E-state index in [0.717, 1.165) is 25.2 Å². The van der Waals surface area contributed by atoms with Crippen molar-refractivity contribution in [3.05, 3.63) is 18.0 Å². The third-order valence-corrected chi connectivity index (χ3v) is 3.72. The van der Waals surface area contributed by atoms with Gasteiger partial charge in [-0.05, 0) is 26.3 Å². The van der Waals surface area contributed by atoms with Crippen molar-refractivity contribution in [2.45, 2.75) is 43.4 Å². The molecule has 2 rings (SSSR count). The summed E-state index contributed by atoms with van der Waals surface area (Å²) in [6.07, 6.45) is 0.200. The van der Waals surface area contributed by atoms with Crippen molar-refractivity contribution in [3.8, 4) is 6.07 Å². The summed E-state index contributed by atoms with van der Waals surface area (Å²) in [4.78, 5) is 0. The molecule has 0 saturated heterocycles. The SMILES string of the molecule is CNC1(C#N)CCCC(n2cc(C(F)(F)F)cn2)C1. The van der Waals surface area contributed by atoms with Crippen LogP contribution in [0.4, 0.5) is 13.2 Å². The first-order valence-electron chi connectivity index (χ1n) is 6.12. The molecule has 1 aromatic heterocycles. The molecule has 1 aliphatic rings. The fourth-order valence-electron chi connectivity index (χ4n) is 2.54. The fourth-order valence-corrected chi connectivity index (χ4v) is 2.54. The van der Waals surface area contributed by atoms with Gasteiger partial charge in [0.1, 0.15) is 5.54 Å². The molecule has 0 bridgehead atoms. The van der Waals surface area contributed by atoms with Crippen LogP contribution < -0.4 is 5.32 Å². The zero-order valence-electron chi connectivity index (χ0n) is 10.5. The lowest BCUT2D eigenvalue weighted by atomic mass is 9.80. The molecule has 0 spiro atoms. The molecule has 1 saturated carbocycles. The Hall–Kier alpha value is -1.55. The molecule has 1 fully saturated rings. The molecule has 4 nitrogen and oxygen atoms in total. The zero-order chi connectivity index (χ0) is 14.1. The predicted octanol–water partition coefficient (Wildman–Crippen LogP) is 2.50. The summed E-state index contributed by atoms with van der Waals surface area (Å²) >= 11 is 0. The smallest absolute Gasteiger partial charge is 0.302 e. The lowest BCUT2D eigenvalue weighted by Gasteiger charge is -2.35. The number of rotatable bonds is 2. The summed E-state index contributed by atoms with van der Waals surface area (Å²) in [5.41, 5.74) is -1.40. The predicted molar refractivity (Wildman–Crippen MR) is 62.1 cm³/mol. The topological polar surface area (TPSA) is 53.6 Å². The number of nitrogens with one attached hydrogen (secondary N) is 1. The van der Waals surface area contributed by atoms with E-state index in [-0.39, 0.29) is 6.04 Å². The van der Waals surface area contributed by atoms with Gasteiger partial charge < -0.3 is 5.32 Å². The van der Waals surface area contributed by atoms with Crippen molar-refractivity contribution in [2.24, 2.45) is 0 Å². The van der Waals surface area contributed by atoms with Crippen LogP contribution in [0.25, 0.3) is 0 Å². The molecule has 0 amide bonds. The number of hydrogen-bond donors (Lipinski definition) is 1. The summed E-state index contributed by atoms with van der Waals surface area (Å²) in [5, 5.41) is 16.0. The molecule has 0 aliphatic heterocycles. The van der Waals surface area contributed by atoms with Gasteiger partial charge in [0.05, 0.1) is 23.9 Å². The molecular weight excluding hydrogens is 257 g/mol. The molecule has 104 valence electrons. The van der Waals surface area contributed by atoms with Crippen molar-refractivity contribution in [1.82, 2.24) is 15.1 Å². The van der Waals surface area contributed by atoms with Gasteiger partial charge in [0.25, 0.3) is 0 Å². The first kappa shape index (κ1) is 13.9. The highest BCUT2D eigenvalue weighted by Crippen LogP contribution is 2.36. The minimum atomic E-state index is -4.37. The van der Waals surface area contributed by atoms with E-state index >= 15 is 0 Å². The summed E-state index contributed by atoms with van der Waals surface area (Å²) in [6.45, 7) is 0. The Morgan fingerprint density at radius 2 is 2.32 bits per heavy atom. The minimum absolute atomic E-state index is 0.169. The lowest BCUT2D eigenvalue weighted by Crippen LogP contribution is -2.46. The van der Waals surface area contributed by atoms with Gasteiger partial charge in [-0.15, -0.1) is 0 Å². The van der Waals surface area contributed by atoms with E-state index in [1.165, 1.54) is 4.68 Å². The molecule has 2 atom stereocenters. The molecular formula is C12H15F3N4. The lowest BCUT2D eigenvalue weighted by molar-refractivity contribution is -0.137. The number of alkyl halides is 3. The summed E-state index contributed by atoms with van der Waals surface area (Å²) in [7, 11) is 1.70. The second-order valence-electron chi connectivity index (χ2n) is 4.90. The second-order valence-corrected chi connectivity index (χ2v) is 4.90. The molecule has 2 unspecified atom stereocenters. The van der Waals surface area contributed by atoms with Crippen molar-refractivity contribution in [1.29, 1.82) is 5.26 Å². The minimum Gasteiger partial charge on any atom is -0.302 e. The average molecular weight is 272 g/mol. The van der Waals surface area contributed by atoms with Crippen LogP contribution in [-0.2, 0) is 6.18 Å². The van der Waals surface area contributed by atoms with Gasteiger partial charge in [-0.2, -0.15) is 23.5 Å². The Kier molecular flexibility index (Phi) is 3.54. The number of nitrogens with zero attached hydrogens (tertiary/aromatic N) is 3. The zero-order valence-corrected chi connectivity index (χ0v) is 10.5. The molecule has 19 heavy (non-hydrogen) atoms. The fraction of sp³-hybridized carbons (Fsp3) is 0.667. The molecule has 1 N–H and O–H groups in total. The van der Waals surface area contributed by atoms with Crippen LogP contribution in [0, 0.1) is 11.3 Å². The Bertz CT molecular complexity index is 488. The van der Waals surface area contributed by atoms with Gasteiger partial charge >= 0.3 is 6.18 Å². The summed E-state index contributed by atoms with van der Waals surface area (Å²) < 4.78 is 38.9. The summed E-state index contributed by atoms with van der Waals surface area (Å²) in [6, 6.07) is 2.06. The van der Waals surface area contributed by atoms with Crippen LogP contribution in [0.15, 0.2) is 12.4 Å². The van der Waals surface area contributed by atoms with Crippen LogP contribution in [0.5, 0.6) is 0 Å². The maximum atomic E-state index is 12.5. The first-order valence-corrected chi connectivity index (χ1v) is 6.12. The van der Waals surface area contributed by atoms with Crippen molar-refractivity contribution in [3.63, 3.8) is 0 Å². The maximum absolute atomic E-state index is 12.5. The Balaban J connectivity index is 2.19. The highest BCUT2D eigenvalue weighted by molar-refractivity contribution is 5.12. The van der Waals surface area contributed by atoms with Gasteiger partial charge in [0, 0.05) is 12.6 Å². The van der Waals surface area contributed by atoms with E-state index in [4.69, 9.17) is 0 Å². The average Bonchev–Trinajstić information content (AvgIpc) is 2.88. The molecule has 1 aromatic rings. The van der Waals surface area contributed by atoms with Crippen molar-refractivity contribution in [2.75, 3.05) is 7.05 Å². The first-order chi connectivity index (χ1) is 8.90. The van der Waals surface area contributed by atoms with E-state index in [2.05, 4.69) is 16.5 Å². The third-order valence-electron chi connectivity index (χ3n) is 3.72. The van der Waals surface area contributed by atoms with Crippen molar-refractivity contribution < 1.29 is 13.2 Å². The van der Waals surface area contributed by atoms with Crippen LogP contribution in [0.2, 0.25) is 0 Å². The maximum Gasteiger partial charge on any atom is 0.419 e. The highest BCUT2D eigenvalue weighted by Gasteiger charge is 2.38. The quantitative estimate of drug-likeness (QED) is 0.900. The Morgan fingerprint density at radius 3 is 2.84 bits per heavy atom. The van der Waals surface area contributed by atoms with Gasteiger partial charge in [-0.1, -0.05) is 0 Å². The van der Waals surface area contributed by atoms with Crippen molar-refractivity contribution >= 4 is 0 Å². The standard InChI is InChI=1S/C12H15F3N4/c1-17-11(8-16)4-2-3-10(5-11)19-7-9(6-18-19)12(13,14)15/h6-7,10,17H,2-5H2,1H3. The third kappa shape index (κ3) is 2.73. The van der Waals surface area contributed by atoms with E-state index in [1.807, 2.05) is 0 Å². The molecule has 0 radical (unpaired) electrons. The number of halogens is 3. The van der Waals surface area contributed by atoms with Crippen LogP contribution in [-0.4, -0.2) is 22.4 Å². The Morgan fingerprint density at radius 1 is 1.58 bits per heavy atom. The van der Waals surface area contributed by atoms with Gasteiger partial charge in [-0.25, -0.2) is 0 Å².